The molecule has 0 spiro atoms. The Bertz CT molecular complexity index is 1050. The molecule has 3 aromatic heterocycles. The normalized spacial score (nSPS) is 20.7. The van der Waals surface area contributed by atoms with Gasteiger partial charge in [0.05, 0.1) is 16.4 Å². The number of thiophene rings is 1. The van der Waals surface area contributed by atoms with Crippen molar-refractivity contribution in [2.75, 3.05) is 0 Å². The van der Waals surface area contributed by atoms with Crippen molar-refractivity contribution in [2.24, 2.45) is 13.0 Å². The van der Waals surface area contributed by atoms with Gasteiger partial charge in [0.2, 0.25) is 5.91 Å². The van der Waals surface area contributed by atoms with Gasteiger partial charge in [-0.05, 0) is 31.7 Å². The Balaban J connectivity index is 1.63. The van der Waals surface area contributed by atoms with E-state index < -0.39 is 0 Å². The maximum atomic E-state index is 12.9. The van der Waals surface area contributed by atoms with Gasteiger partial charge in [-0.1, -0.05) is 19.8 Å². The summed E-state index contributed by atoms with van der Waals surface area (Å²) in [6.45, 7) is 4.21. The smallest absolute Gasteiger partial charge is 0.291 e. The van der Waals surface area contributed by atoms with Crippen LogP contribution in [0.2, 0.25) is 0 Å². The van der Waals surface area contributed by atoms with Crippen LogP contribution in [0.5, 0.6) is 0 Å². The van der Waals surface area contributed by atoms with Gasteiger partial charge in [0.25, 0.3) is 5.56 Å². The molecule has 3 heterocycles. The molecule has 1 fully saturated rings. The van der Waals surface area contributed by atoms with Crippen LogP contribution in [0.25, 0.3) is 21.1 Å². The van der Waals surface area contributed by atoms with E-state index in [4.69, 9.17) is 0 Å². The number of aromatic nitrogens is 3. The molecule has 4 rings (SSSR count). The van der Waals surface area contributed by atoms with E-state index >= 15 is 0 Å². The van der Waals surface area contributed by atoms with Crippen LogP contribution in [0.1, 0.15) is 37.5 Å². The third kappa shape index (κ3) is 2.84. The van der Waals surface area contributed by atoms with Gasteiger partial charge < -0.3 is 9.88 Å². The second kappa shape index (κ2) is 6.54. The highest BCUT2D eigenvalue weighted by atomic mass is 32.1. The summed E-state index contributed by atoms with van der Waals surface area (Å²) >= 11 is 1.67. The van der Waals surface area contributed by atoms with Crippen LogP contribution in [-0.4, -0.2) is 26.3 Å². The van der Waals surface area contributed by atoms with Crippen LogP contribution in [0.3, 0.4) is 0 Å². The number of carbonyl (C=O) groups excluding carboxylic acids is 1. The molecule has 0 aliphatic heterocycles. The lowest BCUT2D eigenvalue weighted by Crippen LogP contribution is -2.43. The summed E-state index contributed by atoms with van der Waals surface area (Å²) in [6.07, 6.45) is 6.26. The van der Waals surface area contributed by atoms with Crippen molar-refractivity contribution in [1.29, 1.82) is 0 Å². The van der Waals surface area contributed by atoms with E-state index in [2.05, 4.69) is 30.3 Å². The minimum absolute atomic E-state index is 0.0319. The van der Waals surface area contributed by atoms with Gasteiger partial charge in [0.1, 0.15) is 12.1 Å². The number of nitrogens with zero attached hydrogens (tertiary/aromatic N) is 3. The van der Waals surface area contributed by atoms with Gasteiger partial charge in [-0.2, -0.15) is 5.10 Å². The Morgan fingerprint density at radius 3 is 2.92 bits per heavy atom. The fourth-order valence-electron chi connectivity index (χ4n) is 4.06. The van der Waals surface area contributed by atoms with Gasteiger partial charge in [-0.15, -0.1) is 11.3 Å². The van der Waals surface area contributed by atoms with Crippen LogP contribution in [0.4, 0.5) is 0 Å². The first kappa shape index (κ1) is 17.3. The average molecular weight is 372 g/mol. The van der Waals surface area contributed by atoms with Gasteiger partial charge in [-0.3, -0.25) is 9.59 Å². The summed E-state index contributed by atoms with van der Waals surface area (Å²) < 4.78 is 4.27. The van der Waals surface area contributed by atoms with Crippen molar-refractivity contribution < 1.29 is 4.79 Å². The third-order valence-corrected chi connectivity index (χ3v) is 6.62. The maximum Gasteiger partial charge on any atom is 0.291 e. The average Bonchev–Trinajstić information content (AvgIpc) is 3.10. The van der Waals surface area contributed by atoms with Crippen LogP contribution in [-0.2, 0) is 18.4 Å². The van der Waals surface area contributed by atoms with Gasteiger partial charge in [0.15, 0.2) is 0 Å². The summed E-state index contributed by atoms with van der Waals surface area (Å²) in [5, 5.41) is 8.22. The number of nitrogens with one attached hydrogen (secondary N) is 1. The highest BCUT2D eigenvalue weighted by Gasteiger charge is 2.23. The summed E-state index contributed by atoms with van der Waals surface area (Å²) in [5.41, 5.74) is 1.44. The summed E-state index contributed by atoms with van der Waals surface area (Å²) in [7, 11) is 1.90. The Kier molecular flexibility index (Phi) is 4.34. The van der Waals surface area contributed by atoms with Crippen LogP contribution in [0, 0.1) is 12.8 Å². The highest BCUT2D eigenvalue weighted by molar-refractivity contribution is 7.20. The highest BCUT2D eigenvalue weighted by Crippen LogP contribution is 2.32. The lowest BCUT2D eigenvalue weighted by Gasteiger charge is -2.29. The molecule has 0 bridgehead atoms. The largest absolute Gasteiger partial charge is 0.351 e. The molecule has 1 N–H and O–H groups in total. The van der Waals surface area contributed by atoms with Crippen molar-refractivity contribution in [3.63, 3.8) is 0 Å². The number of aryl methyl sites for hydroxylation is 2. The van der Waals surface area contributed by atoms with E-state index in [1.54, 1.807) is 17.5 Å². The number of rotatable bonds is 3. The van der Waals surface area contributed by atoms with Gasteiger partial charge >= 0.3 is 0 Å². The van der Waals surface area contributed by atoms with E-state index in [9.17, 15) is 9.59 Å². The van der Waals surface area contributed by atoms with E-state index in [0.29, 0.717) is 11.4 Å². The Morgan fingerprint density at radius 2 is 2.15 bits per heavy atom. The van der Waals surface area contributed by atoms with Crippen molar-refractivity contribution in [1.82, 2.24) is 19.7 Å². The molecule has 0 aromatic carbocycles. The first-order valence-electron chi connectivity index (χ1n) is 9.19. The first-order valence-corrected chi connectivity index (χ1v) is 10.0. The SMILES string of the molecule is Cc1cc2c(s1)c1cnn(CC(=O)N[C@H]3CCCC[C@H]3C)c(=O)c1n2C. The van der Waals surface area contributed by atoms with Crippen LogP contribution in [0.15, 0.2) is 17.1 Å². The molecule has 0 saturated heterocycles. The third-order valence-electron chi connectivity index (χ3n) is 5.55. The minimum Gasteiger partial charge on any atom is -0.351 e. The topological polar surface area (TPSA) is 68.9 Å². The molecule has 26 heavy (non-hydrogen) atoms. The second-order valence-corrected chi connectivity index (χ2v) is 8.69. The van der Waals surface area contributed by atoms with Gasteiger partial charge in [0, 0.05) is 23.4 Å². The molecule has 1 aliphatic rings. The molecule has 6 nitrogen and oxygen atoms in total. The van der Waals surface area contributed by atoms with Crippen molar-refractivity contribution in [3.05, 3.63) is 27.5 Å². The van der Waals surface area contributed by atoms with E-state index in [0.717, 1.165) is 34.9 Å². The standard InChI is InChI=1S/C19H24N4O2S/c1-11-6-4-5-7-14(11)21-16(24)10-23-19(25)17-13(9-20-23)18-15(22(17)3)8-12(2)26-18/h8-9,11,14H,4-7,10H2,1-3H3,(H,21,24)/t11-,14+/m1/s1. The summed E-state index contributed by atoms with van der Waals surface area (Å²) in [6, 6.07) is 2.29. The monoisotopic (exact) mass is 372 g/mol. The zero-order valence-corrected chi connectivity index (χ0v) is 16.2. The number of fused-ring (bicyclic) bond motifs is 3. The molecule has 1 amide bonds. The molecule has 2 atom stereocenters. The quantitative estimate of drug-likeness (QED) is 0.768. The lowest BCUT2D eigenvalue weighted by molar-refractivity contribution is -0.123. The molecular formula is C19H24N4O2S. The molecule has 3 aromatic rings. The maximum absolute atomic E-state index is 12.9. The molecule has 1 aliphatic carbocycles. The van der Waals surface area contributed by atoms with Crippen LogP contribution >= 0.6 is 11.3 Å². The van der Waals surface area contributed by atoms with Crippen molar-refractivity contribution >= 4 is 38.4 Å². The van der Waals surface area contributed by atoms with Gasteiger partial charge in [-0.25, -0.2) is 4.68 Å². The Labute approximate surface area is 155 Å². The van der Waals surface area contributed by atoms with E-state index in [1.165, 1.54) is 16.0 Å². The fourth-order valence-corrected chi connectivity index (χ4v) is 5.12. The number of hydrogen-bond donors (Lipinski definition) is 1. The number of amides is 1. The molecule has 0 unspecified atom stereocenters. The van der Waals surface area contributed by atoms with E-state index in [-0.39, 0.29) is 24.1 Å². The zero-order chi connectivity index (χ0) is 18.4. The molecule has 138 valence electrons. The predicted molar refractivity (Wildman–Crippen MR) is 105 cm³/mol. The van der Waals surface area contributed by atoms with Crippen LogP contribution < -0.4 is 10.9 Å². The Hall–Kier alpha value is -2.15. The molecular weight excluding hydrogens is 348 g/mol. The zero-order valence-electron chi connectivity index (χ0n) is 15.4. The number of hydrogen-bond acceptors (Lipinski definition) is 4. The minimum atomic E-state index is -0.210. The lowest BCUT2D eigenvalue weighted by atomic mass is 9.86. The predicted octanol–water partition coefficient (Wildman–Crippen LogP) is 2.95. The fraction of sp³-hybridized carbons (Fsp3) is 0.526. The van der Waals surface area contributed by atoms with Crippen molar-refractivity contribution in [3.8, 4) is 0 Å². The molecule has 0 radical (unpaired) electrons. The summed E-state index contributed by atoms with van der Waals surface area (Å²) in [4.78, 5) is 26.6. The number of carbonyl (C=O) groups is 1. The Morgan fingerprint density at radius 1 is 1.38 bits per heavy atom. The van der Waals surface area contributed by atoms with E-state index in [1.807, 2.05) is 11.6 Å². The van der Waals surface area contributed by atoms with Crippen molar-refractivity contribution in [2.45, 2.75) is 52.1 Å². The first-order chi connectivity index (χ1) is 12.5. The molecule has 7 heteroatoms. The molecule has 1 saturated carbocycles. The second-order valence-electron chi connectivity index (χ2n) is 7.44. The summed E-state index contributed by atoms with van der Waals surface area (Å²) in [5.74, 6) is 0.354.